The van der Waals surface area contributed by atoms with Crippen molar-refractivity contribution in [2.24, 2.45) is 0 Å². The molecule has 1 fully saturated rings. The number of ether oxygens (including phenoxy) is 6. The van der Waals surface area contributed by atoms with Crippen molar-refractivity contribution in [1.82, 2.24) is 0 Å². The molecule has 2 heterocycles. The Morgan fingerprint density at radius 1 is 1.00 bits per heavy atom. The van der Waals surface area contributed by atoms with Gasteiger partial charge in [0.05, 0.1) is 21.3 Å². The number of halogens is 1. The zero-order valence-electron chi connectivity index (χ0n) is 14.9. The number of methoxy groups -OCH3 is 3. The molecule has 2 aromatic carbocycles. The quantitative estimate of drug-likeness (QED) is 0.506. The lowest BCUT2D eigenvalue weighted by molar-refractivity contribution is 0.0952. The minimum atomic E-state index is -0.593. The minimum Gasteiger partial charge on any atom is -0.493 e. The van der Waals surface area contributed by atoms with Gasteiger partial charge in [-0.1, -0.05) is 0 Å². The Kier molecular flexibility index (Phi) is 4.61. The SMILES string of the molecule is COc1cc(Br)c(C(=O)C2OC2c2cc(OC)c3c(c2)OCO3)cc1OC. The summed E-state index contributed by atoms with van der Waals surface area (Å²) < 4.78 is 33.0. The number of hydrogen-bond donors (Lipinski definition) is 0. The molecule has 0 radical (unpaired) electrons. The van der Waals surface area contributed by atoms with Gasteiger partial charge in [0.2, 0.25) is 12.5 Å². The van der Waals surface area contributed by atoms with Gasteiger partial charge in [0.1, 0.15) is 6.10 Å². The summed E-state index contributed by atoms with van der Waals surface area (Å²) in [5.41, 5.74) is 1.26. The average molecular weight is 437 g/mol. The summed E-state index contributed by atoms with van der Waals surface area (Å²) in [7, 11) is 4.62. The van der Waals surface area contributed by atoms with Crippen molar-refractivity contribution in [1.29, 1.82) is 0 Å². The van der Waals surface area contributed by atoms with Crippen LogP contribution in [0.5, 0.6) is 28.7 Å². The van der Waals surface area contributed by atoms with E-state index in [2.05, 4.69) is 15.9 Å². The van der Waals surface area contributed by atoms with Crippen LogP contribution in [0.3, 0.4) is 0 Å². The third kappa shape index (κ3) is 3.08. The Hall–Kier alpha value is -2.45. The first kappa shape index (κ1) is 17.9. The zero-order valence-corrected chi connectivity index (χ0v) is 16.5. The minimum absolute atomic E-state index is 0.140. The number of carbonyl (C=O) groups excluding carboxylic acids is 1. The highest BCUT2D eigenvalue weighted by molar-refractivity contribution is 9.10. The molecule has 0 N–H and O–H groups in total. The van der Waals surface area contributed by atoms with Crippen LogP contribution >= 0.6 is 15.9 Å². The highest BCUT2D eigenvalue weighted by atomic mass is 79.9. The molecule has 2 aromatic rings. The third-order valence-electron chi connectivity index (χ3n) is 4.50. The number of fused-ring (bicyclic) bond motifs is 1. The van der Waals surface area contributed by atoms with E-state index in [1.165, 1.54) is 7.11 Å². The second kappa shape index (κ2) is 6.94. The Labute approximate surface area is 164 Å². The van der Waals surface area contributed by atoms with E-state index in [0.29, 0.717) is 38.8 Å². The maximum Gasteiger partial charge on any atom is 0.231 e. The van der Waals surface area contributed by atoms with Crippen molar-refractivity contribution >= 4 is 21.7 Å². The first-order valence-electron chi connectivity index (χ1n) is 8.16. The first-order valence-corrected chi connectivity index (χ1v) is 8.95. The number of epoxide rings is 1. The highest BCUT2D eigenvalue weighted by Gasteiger charge is 2.47. The summed E-state index contributed by atoms with van der Waals surface area (Å²) in [6.45, 7) is 0.140. The smallest absolute Gasteiger partial charge is 0.231 e. The predicted molar refractivity (Wildman–Crippen MR) is 98.3 cm³/mol. The molecule has 8 heteroatoms. The average Bonchev–Trinajstić information content (AvgIpc) is 3.35. The molecular formula is C19H17BrO7. The molecule has 0 saturated carbocycles. The zero-order chi connectivity index (χ0) is 19.1. The number of carbonyl (C=O) groups is 1. The molecule has 7 nitrogen and oxygen atoms in total. The summed E-state index contributed by atoms with van der Waals surface area (Å²) in [5.74, 6) is 2.56. The van der Waals surface area contributed by atoms with Gasteiger partial charge in [-0.25, -0.2) is 0 Å². The van der Waals surface area contributed by atoms with Crippen LogP contribution in [0.25, 0.3) is 0 Å². The van der Waals surface area contributed by atoms with Gasteiger partial charge in [0, 0.05) is 10.0 Å². The van der Waals surface area contributed by atoms with Gasteiger partial charge < -0.3 is 28.4 Å². The van der Waals surface area contributed by atoms with Crippen LogP contribution in [-0.4, -0.2) is 40.0 Å². The van der Waals surface area contributed by atoms with Crippen LogP contribution < -0.4 is 23.7 Å². The number of hydrogen-bond acceptors (Lipinski definition) is 7. The standard InChI is InChI=1S/C19H17BrO7/c1-22-12-6-10(11(20)7-13(12)23-2)16(21)19-17(27-19)9-4-14(24-3)18-15(5-9)25-8-26-18/h4-7,17,19H,8H2,1-3H3. The summed E-state index contributed by atoms with van der Waals surface area (Å²) >= 11 is 3.42. The van der Waals surface area contributed by atoms with Gasteiger partial charge in [-0.2, -0.15) is 0 Å². The van der Waals surface area contributed by atoms with Crippen molar-refractivity contribution in [3.05, 3.63) is 39.9 Å². The molecule has 142 valence electrons. The normalized spacial score (nSPS) is 19.6. The van der Waals surface area contributed by atoms with Crippen molar-refractivity contribution in [3.8, 4) is 28.7 Å². The Morgan fingerprint density at radius 3 is 2.41 bits per heavy atom. The summed E-state index contributed by atoms with van der Waals surface area (Å²) in [6.07, 6.45) is -0.967. The fraction of sp³-hybridized carbons (Fsp3) is 0.316. The molecule has 27 heavy (non-hydrogen) atoms. The molecule has 0 bridgehead atoms. The van der Waals surface area contributed by atoms with E-state index in [1.807, 2.05) is 6.07 Å². The van der Waals surface area contributed by atoms with E-state index < -0.39 is 6.10 Å². The lowest BCUT2D eigenvalue weighted by atomic mass is 10.0. The Bertz CT molecular complexity index is 911. The third-order valence-corrected chi connectivity index (χ3v) is 5.15. The van der Waals surface area contributed by atoms with Gasteiger partial charge in [-0.3, -0.25) is 4.79 Å². The molecule has 0 aliphatic carbocycles. The van der Waals surface area contributed by atoms with Crippen LogP contribution in [0.4, 0.5) is 0 Å². The van der Waals surface area contributed by atoms with Crippen molar-refractivity contribution < 1.29 is 33.2 Å². The van der Waals surface area contributed by atoms with Gasteiger partial charge in [0.25, 0.3) is 0 Å². The number of benzene rings is 2. The van der Waals surface area contributed by atoms with Crippen molar-refractivity contribution in [2.75, 3.05) is 28.1 Å². The first-order chi connectivity index (χ1) is 13.1. The number of ketones is 1. The molecule has 0 aromatic heterocycles. The topological polar surface area (TPSA) is 75.8 Å². The maximum atomic E-state index is 12.9. The summed E-state index contributed by atoms with van der Waals surface area (Å²) in [6, 6.07) is 6.96. The van der Waals surface area contributed by atoms with Crippen LogP contribution in [0, 0.1) is 0 Å². The van der Waals surface area contributed by atoms with E-state index in [9.17, 15) is 4.79 Å². The molecule has 2 aliphatic heterocycles. The molecule has 1 saturated heterocycles. The number of Topliss-reactive ketones (excluding diaryl/α,β-unsaturated/α-hetero) is 1. The second-order valence-corrected chi connectivity index (χ2v) is 6.84. The Morgan fingerprint density at radius 2 is 1.70 bits per heavy atom. The highest BCUT2D eigenvalue weighted by Crippen LogP contribution is 2.49. The molecule has 2 aliphatic rings. The Balaban J connectivity index is 1.60. The maximum absolute atomic E-state index is 12.9. The second-order valence-electron chi connectivity index (χ2n) is 5.99. The van der Waals surface area contributed by atoms with E-state index >= 15 is 0 Å². The van der Waals surface area contributed by atoms with E-state index in [1.54, 1.807) is 32.4 Å². The monoisotopic (exact) mass is 436 g/mol. The molecular weight excluding hydrogens is 420 g/mol. The fourth-order valence-corrected chi connectivity index (χ4v) is 3.59. The molecule has 0 spiro atoms. The van der Waals surface area contributed by atoms with E-state index in [-0.39, 0.29) is 18.7 Å². The number of rotatable bonds is 6. The molecule has 0 amide bonds. The summed E-state index contributed by atoms with van der Waals surface area (Å²) in [5, 5.41) is 0. The largest absolute Gasteiger partial charge is 0.493 e. The summed E-state index contributed by atoms with van der Waals surface area (Å²) in [4.78, 5) is 12.9. The van der Waals surface area contributed by atoms with Crippen molar-refractivity contribution in [2.45, 2.75) is 12.2 Å². The van der Waals surface area contributed by atoms with Crippen molar-refractivity contribution in [3.63, 3.8) is 0 Å². The molecule has 4 rings (SSSR count). The fourth-order valence-electron chi connectivity index (χ4n) is 3.08. The molecule has 2 unspecified atom stereocenters. The lowest BCUT2D eigenvalue weighted by Crippen LogP contribution is -2.10. The van der Waals surface area contributed by atoms with Gasteiger partial charge in [-0.05, 0) is 45.8 Å². The van der Waals surface area contributed by atoms with Crippen LogP contribution in [0.15, 0.2) is 28.7 Å². The lowest BCUT2D eigenvalue weighted by Gasteiger charge is -2.10. The van der Waals surface area contributed by atoms with Crippen LogP contribution in [-0.2, 0) is 4.74 Å². The van der Waals surface area contributed by atoms with Gasteiger partial charge >= 0.3 is 0 Å². The van der Waals surface area contributed by atoms with Crippen LogP contribution in [0.2, 0.25) is 0 Å². The van der Waals surface area contributed by atoms with Gasteiger partial charge in [-0.15, -0.1) is 0 Å². The van der Waals surface area contributed by atoms with E-state index in [4.69, 9.17) is 28.4 Å². The van der Waals surface area contributed by atoms with Crippen LogP contribution in [0.1, 0.15) is 22.0 Å². The molecule has 2 atom stereocenters. The van der Waals surface area contributed by atoms with Gasteiger partial charge in [0.15, 0.2) is 34.9 Å². The predicted octanol–water partition coefficient (Wildman–Crippen LogP) is 3.53. The van der Waals surface area contributed by atoms with E-state index in [0.717, 1.165) is 5.56 Å².